The van der Waals surface area contributed by atoms with Crippen molar-refractivity contribution in [1.82, 2.24) is 0 Å². The van der Waals surface area contributed by atoms with E-state index in [9.17, 15) is 14.7 Å². The molecule has 0 aliphatic heterocycles. The number of phenolic OH excluding ortho intramolecular Hbond substituents is 1. The molecule has 0 radical (unpaired) electrons. The Morgan fingerprint density at radius 1 is 1.22 bits per heavy atom. The van der Waals surface area contributed by atoms with Crippen LogP contribution in [0.5, 0.6) is 5.75 Å². The summed E-state index contributed by atoms with van der Waals surface area (Å²) in [5.41, 5.74) is 1.08. The van der Waals surface area contributed by atoms with Crippen LogP contribution < -0.4 is 0 Å². The smallest absolute Gasteiger partial charge is 0.180 e. The lowest BCUT2D eigenvalue weighted by molar-refractivity contribution is 0.0895. The Hall–Kier alpha value is -1.94. The molecule has 1 N–H and O–H groups in total. The summed E-state index contributed by atoms with van der Waals surface area (Å²) in [5, 5.41) is 11.4. The molecule has 3 nitrogen and oxygen atoms in total. The normalized spacial score (nSPS) is 10.3. The predicted octanol–water partition coefficient (Wildman–Crippen LogP) is 3.22. The van der Waals surface area contributed by atoms with Gasteiger partial charge in [-0.1, -0.05) is 17.7 Å². The number of rotatable bonds is 4. The van der Waals surface area contributed by atoms with Crippen LogP contribution in [0.1, 0.15) is 32.0 Å². The molecule has 0 fully saturated rings. The van der Waals surface area contributed by atoms with Gasteiger partial charge in [0.1, 0.15) is 5.75 Å². The highest BCUT2D eigenvalue weighted by Gasteiger charge is 2.17. The molecule has 0 bridgehead atoms. The fourth-order valence-electron chi connectivity index (χ4n) is 1.64. The van der Waals surface area contributed by atoms with Gasteiger partial charge in [0.2, 0.25) is 0 Å². The van der Waals surface area contributed by atoms with Crippen LogP contribution in [0.2, 0.25) is 0 Å². The molecular formula is C14H12O3S. The van der Waals surface area contributed by atoms with Gasteiger partial charge in [0.15, 0.2) is 11.6 Å². The van der Waals surface area contributed by atoms with Gasteiger partial charge in [0.25, 0.3) is 0 Å². The van der Waals surface area contributed by atoms with Gasteiger partial charge < -0.3 is 5.11 Å². The maximum Gasteiger partial charge on any atom is 0.180 e. The number of Topliss-reactive ketones (excluding diaryl/α,β-unsaturated/α-hetero) is 2. The van der Waals surface area contributed by atoms with Crippen molar-refractivity contribution in [2.24, 2.45) is 0 Å². The monoisotopic (exact) mass is 260 g/mol. The first-order chi connectivity index (χ1) is 8.58. The van der Waals surface area contributed by atoms with E-state index in [1.807, 2.05) is 6.92 Å². The lowest BCUT2D eigenvalue weighted by atomic mass is 10.0. The van der Waals surface area contributed by atoms with Crippen molar-refractivity contribution in [2.45, 2.75) is 13.3 Å². The van der Waals surface area contributed by atoms with Crippen LogP contribution in [0.15, 0.2) is 35.7 Å². The van der Waals surface area contributed by atoms with Gasteiger partial charge in [0, 0.05) is 0 Å². The van der Waals surface area contributed by atoms with Gasteiger partial charge >= 0.3 is 0 Å². The molecular weight excluding hydrogens is 248 g/mol. The molecule has 2 rings (SSSR count). The van der Waals surface area contributed by atoms with Gasteiger partial charge in [-0.25, -0.2) is 0 Å². The van der Waals surface area contributed by atoms with Crippen LogP contribution in [0.25, 0.3) is 0 Å². The molecule has 92 valence electrons. The maximum absolute atomic E-state index is 11.9. The first-order valence-electron chi connectivity index (χ1n) is 5.47. The van der Waals surface area contributed by atoms with Crippen LogP contribution in [-0.2, 0) is 0 Å². The average Bonchev–Trinajstić information content (AvgIpc) is 2.85. The second-order valence-corrected chi connectivity index (χ2v) is 4.97. The van der Waals surface area contributed by atoms with E-state index in [-0.39, 0.29) is 29.3 Å². The Labute approximate surface area is 109 Å². The van der Waals surface area contributed by atoms with Gasteiger partial charge in [-0.05, 0) is 30.5 Å². The van der Waals surface area contributed by atoms with Crippen LogP contribution in [0, 0.1) is 6.92 Å². The minimum Gasteiger partial charge on any atom is -0.507 e. The van der Waals surface area contributed by atoms with E-state index < -0.39 is 0 Å². The molecule has 0 spiro atoms. The number of thiophene rings is 1. The molecule has 1 heterocycles. The van der Waals surface area contributed by atoms with E-state index in [1.165, 1.54) is 17.4 Å². The summed E-state index contributed by atoms with van der Waals surface area (Å²) in [6, 6.07) is 8.24. The number of hydrogen-bond donors (Lipinski definition) is 1. The van der Waals surface area contributed by atoms with Crippen LogP contribution in [0.4, 0.5) is 0 Å². The van der Waals surface area contributed by atoms with Gasteiger partial charge in [-0.2, -0.15) is 0 Å². The molecule has 0 amide bonds. The van der Waals surface area contributed by atoms with Crippen molar-refractivity contribution in [3.05, 3.63) is 51.7 Å². The molecule has 0 saturated carbocycles. The molecule has 0 unspecified atom stereocenters. The van der Waals surface area contributed by atoms with E-state index in [0.717, 1.165) is 5.56 Å². The maximum atomic E-state index is 11.9. The van der Waals surface area contributed by atoms with Crippen molar-refractivity contribution in [3.8, 4) is 5.75 Å². The highest BCUT2D eigenvalue weighted by Crippen LogP contribution is 2.21. The third-order valence-corrected chi connectivity index (χ3v) is 3.48. The lowest BCUT2D eigenvalue weighted by Crippen LogP contribution is -2.07. The Kier molecular flexibility index (Phi) is 3.58. The summed E-state index contributed by atoms with van der Waals surface area (Å²) in [6.07, 6.45) is -0.211. The van der Waals surface area contributed by atoms with E-state index in [1.54, 1.807) is 29.6 Å². The van der Waals surface area contributed by atoms with E-state index in [4.69, 9.17) is 0 Å². The first kappa shape index (κ1) is 12.5. The fourth-order valence-corrected chi connectivity index (χ4v) is 2.30. The van der Waals surface area contributed by atoms with E-state index in [0.29, 0.717) is 4.88 Å². The number of carbonyl (C=O) groups is 2. The van der Waals surface area contributed by atoms with Crippen molar-refractivity contribution in [3.63, 3.8) is 0 Å². The number of aryl methyl sites for hydroxylation is 1. The largest absolute Gasteiger partial charge is 0.507 e. The Morgan fingerprint density at radius 3 is 2.67 bits per heavy atom. The first-order valence-corrected chi connectivity index (χ1v) is 6.35. The minimum atomic E-state index is -0.352. The van der Waals surface area contributed by atoms with Crippen LogP contribution in [-0.4, -0.2) is 16.7 Å². The topological polar surface area (TPSA) is 54.4 Å². The summed E-state index contributed by atoms with van der Waals surface area (Å²) < 4.78 is 0. The number of phenols is 1. The third kappa shape index (κ3) is 2.65. The molecule has 0 atom stereocenters. The highest BCUT2D eigenvalue weighted by molar-refractivity contribution is 7.12. The zero-order valence-corrected chi connectivity index (χ0v) is 10.7. The van der Waals surface area contributed by atoms with Crippen molar-refractivity contribution < 1.29 is 14.7 Å². The number of carbonyl (C=O) groups excluding carboxylic acids is 2. The molecule has 0 saturated heterocycles. The lowest BCUT2D eigenvalue weighted by Gasteiger charge is -2.04. The Balaban J connectivity index is 2.17. The Morgan fingerprint density at radius 2 is 2.00 bits per heavy atom. The summed E-state index contributed by atoms with van der Waals surface area (Å²) in [6.45, 7) is 1.83. The second-order valence-electron chi connectivity index (χ2n) is 4.02. The summed E-state index contributed by atoms with van der Waals surface area (Å²) in [4.78, 5) is 24.3. The van der Waals surface area contributed by atoms with Gasteiger partial charge in [-0.15, -0.1) is 11.3 Å². The third-order valence-electron chi connectivity index (χ3n) is 2.57. The zero-order chi connectivity index (χ0) is 13.1. The van der Waals surface area contributed by atoms with Crippen molar-refractivity contribution in [1.29, 1.82) is 0 Å². The standard InChI is InChI=1S/C14H12O3S/c1-9-4-5-11(15)10(7-9)12(16)8-13(17)14-3-2-6-18-14/h2-7,15H,8H2,1H3. The summed E-state index contributed by atoms with van der Waals surface area (Å²) >= 11 is 1.31. The molecule has 0 aliphatic rings. The quantitative estimate of drug-likeness (QED) is 0.678. The number of aromatic hydroxyl groups is 1. The molecule has 0 aliphatic carbocycles. The Bertz CT molecular complexity index is 585. The van der Waals surface area contributed by atoms with Crippen molar-refractivity contribution in [2.75, 3.05) is 0 Å². The number of ketones is 2. The second kappa shape index (κ2) is 5.14. The number of hydrogen-bond acceptors (Lipinski definition) is 4. The van der Waals surface area contributed by atoms with E-state index in [2.05, 4.69) is 0 Å². The predicted molar refractivity (Wildman–Crippen MR) is 70.4 cm³/mol. The summed E-state index contributed by atoms with van der Waals surface area (Å²) in [5.74, 6) is -0.643. The molecule has 4 heteroatoms. The van der Waals surface area contributed by atoms with Crippen LogP contribution in [0.3, 0.4) is 0 Å². The highest BCUT2D eigenvalue weighted by atomic mass is 32.1. The average molecular weight is 260 g/mol. The minimum absolute atomic E-state index is 0.0791. The van der Waals surface area contributed by atoms with Gasteiger partial charge in [0.05, 0.1) is 16.9 Å². The fraction of sp³-hybridized carbons (Fsp3) is 0.143. The number of benzene rings is 1. The summed E-state index contributed by atoms with van der Waals surface area (Å²) in [7, 11) is 0. The zero-order valence-electron chi connectivity index (χ0n) is 9.84. The van der Waals surface area contributed by atoms with E-state index >= 15 is 0 Å². The van der Waals surface area contributed by atoms with Gasteiger partial charge in [-0.3, -0.25) is 9.59 Å². The SMILES string of the molecule is Cc1ccc(O)c(C(=O)CC(=O)c2cccs2)c1. The van der Waals surface area contributed by atoms with Crippen molar-refractivity contribution >= 4 is 22.9 Å². The molecule has 1 aromatic carbocycles. The molecule has 1 aromatic heterocycles. The van der Waals surface area contributed by atoms with Crippen LogP contribution >= 0.6 is 11.3 Å². The molecule has 2 aromatic rings. The molecule has 18 heavy (non-hydrogen) atoms.